The van der Waals surface area contributed by atoms with E-state index in [4.69, 9.17) is 21.3 Å². The van der Waals surface area contributed by atoms with E-state index in [0.29, 0.717) is 0 Å². The van der Waals surface area contributed by atoms with Crippen LogP contribution in [0.3, 0.4) is 0 Å². The Kier molecular flexibility index (Phi) is 5.39. The zero-order chi connectivity index (χ0) is 13.6. The molecule has 0 radical (unpaired) electrons. The third-order valence-corrected chi connectivity index (χ3v) is 1.40. The smallest absolute Gasteiger partial charge is 0.332 e. The Balaban J connectivity index is 4.77. The predicted molar refractivity (Wildman–Crippen MR) is 61.2 cm³/mol. The SMILES string of the molecule is CC(C)(C)OC(=NNC(N)=O)[C@@H](N)CC(=O)O. The number of hydrogen-bond acceptors (Lipinski definition) is 5. The number of amides is 2. The number of urea groups is 1. The molecule has 0 aliphatic rings. The molecule has 98 valence electrons. The molecule has 0 rings (SSSR count). The summed E-state index contributed by atoms with van der Waals surface area (Å²) in [4.78, 5) is 21.0. The average Bonchev–Trinajstić information content (AvgIpc) is 2.08. The van der Waals surface area contributed by atoms with Crippen LogP contribution in [0.15, 0.2) is 5.10 Å². The molecule has 0 aromatic carbocycles. The van der Waals surface area contributed by atoms with Crippen molar-refractivity contribution in [3.05, 3.63) is 0 Å². The molecule has 0 heterocycles. The summed E-state index contributed by atoms with van der Waals surface area (Å²) in [6, 6.07) is -1.85. The van der Waals surface area contributed by atoms with E-state index in [9.17, 15) is 9.59 Å². The Hall–Kier alpha value is -1.83. The molecule has 0 spiro atoms. The van der Waals surface area contributed by atoms with E-state index < -0.39 is 23.6 Å². The van der Waals surface area contributed by atoms with Gasteiger partial charge in [0.05, 0.1) is 12.5 Å². The number of hydrazone groups is 1. The van der Waals surface area contributed by atoms with Crippen LogP contribution in [-0.2, 0) is 9.53 Å². The molecule has 0 aliphatic carbocycles. The Labute approximate surface area is 99.0 Å². The average molecular weight is 246 g/mol. The third kappa shape index (κ3) is 8.03. The van der Waals surface area contributed by atoms with E-state index in [1.54, 1.807) is 20.8 Å². The lowest BCUT2D eigenvalue weighted by molar-refractivity contribution is -0.137. The molecule has 1 atom stereocenters. The summed E-state index contributed by atoms with van der Waals surface area (Å²) in [6.07, 6.45) is -0.366. The molecule has 0 saturated heterocycles. The van der Waals surface area contributed by atoms with Crippen molar-refractivity contribution in [2.24, 2.45) is 16.6 Å². The van der Waals surface area contributed by atoms with Crippen molar-refractivity contribution in [1.82, 2.24) is 5.43 Å². The zero-order valence-corrected chi connectivity index (χ0v) is 10.1. The second kappa shape index (κ2) is 6.04. The largest absolute Gasteiger partial charge is 0.481 e. The van der Waals surface area contributed by atoms with Gasteiger partial charge in [0.1, 0.15) is 5.60 Å². The van der Waals surface area contributed by atoms with Crippen LogP contribution in [0.1, 0.15) is 27.2 Å². The number of nitrogens with zero attached hydrogens (tertiary/aromatic N) is 1. The van der Waals surface area contributed by atoms with Gasteiger partial charge in [-0.25, -0.2) is 10.2 Å². The molecule has 8 nitrogen and oxygen atoms in total. The van der Waals surface area contributed by atoms with Gasteiger partial charge < -0.3 is 21.3 Å². The van der Waals surface area contributed by atoms with Crippen molar-refractivity contribution in [1.29, 1.82) is 0 Å². The molecule has 0 unspecified atom stereocenters. The summed E-state index contributed by atoms with van der Waals surface area (Å²) in [7, 11) is 0. The number of aliphatic carboxylic acids is 1. The Morgan fingerprint density at radius 2 is 2.00 bits per heavy atom. The topological polar surface area (TPSA) is 140 Å². The molecule has 0 aliphatic heterocycles. The lowest BCUT2D eigenvalue weighted by Crippen LogP contribution is -2.41. The molecule has 0 bridgehead atoms. The summed E-state index contributed by atoms with van der Waals surface area (Å²) in [6.45, 7) is 5.21. The maximum Gasteiger partial charge on any atom is 0.332 e. The van der Waals surface area contributed by atoms with Crippen molar-refractivity contribution in [2.45, 2.75) is 38.8 Å². The first-order valence-electron chi connectivity index (χ1n) is 4.91. The van der Waals surface area contributed by atoms with Gasteiger partial charge in [-0.05, 0) is 20.8 Å². The summed E-state index contributed by atoms with van der Waals surface area (Å²) in [5.41, 5.74) is 11.8. The highest BCUT2D eigenvalue weighted by molar-refractivity contribution is 5.87. The number of primary amides is 1. The minimum absolute atomic E-state index is 0.0845. The molecule has 2 amide bonds. The standard InChI is InChI=1S/C9H18N4O4/c1-9(2,3)17-7(12-13-8(11)16)5(10)4-6(14)15/h5H,4,10H2,1-3H3,(H,14,15)(H3,11,13,16)/t5-/m0/s1. The number of carboxylic acids is 1. The number of hydrogen-bond donors (Lipinski definition) is 4. The van der Waals surface area contributed by atoms with Crippen LogP contribution in [0.4, 0.5) is 4.79 Å². The lowest BCUT2D eigenvalue weighted by Gasteiger charge is -2.24. The third-order valence-electron chi connectivity index (χ3n) is 1.40. The van der Waals surface area contributed by atoms with Crippen LogP contribution in [-0.4, -0.2) is 34.6 Å². The molecule has 0 fully saturated rings. The van der Waals surface area contributed by atoms with Crippen LogP contribution in [0.5, 0.6) is 0 Å². The van der Waals surface area contributed by atoms with Gasteiger partial charge in [-0.1, -0.05) is 0 Å². The Bertz CT molecular complexity index is 321. The molecular weight excluding hydrogens is 228 g/mol. The van der Waals surface area contributed by atoms with Crippen LogP contribution in [0.25, 0.3) is 0 Å². The van der Waals surface area contributed by atoms with Gasteiger partial charge in [0.2, 0.25) is 5.90 Å². The summed E-state index contributed by atoms with van der Waals surface area (Å²) < 4.78 is 5.34. The molecule has 17 heavy (non-hydrogen) atoms. The first-order chi connectivity index (χ1) is 7.61. The number of nitrogens with one attached hydrogen (secondary N) is 1. The molecule has 0 aromatic heterocycles. The number of rotatable bonds is 4. The highest BCUT2D eigenvalue weighted by Crippen LogP contribution is 2.10. The molecule has 0 saturated carbocycles. The van der Waals surface area contributed by atoms with Gasteiger partial charge in [-0.15, -0.1) is 5.10 Å². The maximum absolute atomic E-state index is 10.5. The quantitative estimate of drug-likeness (QED) is 0.303. The highest BCUT2D eigenvalue weighted by Gasteiger charge is 2.22. The second-order valence-electron chi connectivity index (χ2n) is 4.34. The van der Waals surface area contributed by atoms with Gasteiger partial charge in [-0.2, -0.15) is 0 Å². The van der Waals surface area contributed by atoms with Gasteiger partial charge in [0.25, 0.3) is 0 Å². The van der Waals surface area contributed by atoms with Gasteiger partial charge >= 0.3 is 12.0 Å². The lowest BCUT2D eigenvalue weighted by atomic mass is 10.1. The Morgan fingerprint density at radius 3 is 2.35 bits per heavy atom. The minimum Gasteiger partial charge on any atom is -0.481 e. The highest BCUT2D eigenvalue weighted by atomic mass is 16.5. The van der Waals surface area contributed by atoms with Crippen molar-refractivity contribution >= 4 is 17.9 Å². The van der Waals surface area contributed by atoms with Crippen LogP contribution >= 0.6 is 0 Å². The molecular formula is C9H18N4O4. The van der Waals surface area contributed by atoms with E-state index >= 15 is 0 Å². The second-order valence-corrected chi connectivity index (χ2v) is 4.34. The fourth-order valence-electron chi connectivity index (χ4n) is 0.881. The first-order valence-corrected chi connectivity index (χ1v) is 4.91. The number of nitrogens with two attached hydrogens (primary N) is 2. The summed E-state index contributed by atoms with van der Waals surface area (Å²) in [5, 5.41) is 12.1. The monoisotopic (exact) mass is 246 g/mol. The van der Waals surface area contributed by atoms with Gasteiger partial charge in [0.15, 0.2) is 0 Å². The number of carbonyl (C=O) groups excluding carboxylic acids is 1. The maximum atomic E-state index is 10.5. The fraction of sp³-hybridized carbons (Fsp3) is 0.667. The fourth-order valence-corrected chi connectivity index (χ4v) is 0.881. The van der Waals surface area contributed by atoms with Crippen molar-refractivity contribution in [2.75, 3.05) is 0 Å². The van der Waals surface area contributed by atoms with E-state index in [-0.39, 0.29) is 12.3 Å². The molecule has 0 aromatic rings. The minimum atomic E-state index is -1.10. The zero-order valence-electron chi connectivity index (χ0n) is 10.1. The summed E-state index contributed by atoms with van der Waals surface area (Å²) >= 11 is 0. The van der Waals surface area contributed by atoms with Crippen molar-refractivity contribution in [3.8, 4) is 0 Å². The van der Waals surface area contributed by atoms with Gasteiger partial charge in [0, 0.05) is 0 Å². The number of carboxylic acid groups (broad SMARTS) is 1. The van der Waals surface area contributed by atoms with E-state index in [0.717, 1.165) is 0 Å². The van der Waals surface area contributed by atoms with Crippen molar-refractivity contribution in [3.63, 3.8) is 0 Å². The molecule has 6 N–H and O–H groups in total. The van der Waals surface area contributed by atoms with Crippen molar-refractivity contribution < 1.29 is 19.4 Å². The van der Waals surface area contributed by atoms with Crippen LogP contribution in [0.2, 0.25) is 0 Å². The normalized spacial score (nSPS) is 14.0. The van der Waals surface area contributed by atoms with Crippen LogP contribution < -0.4 is 16.9 Å². The van der Waals surface area contributed by atoms with E-state index in [1.165, 1.54) is 0 Å². The van der Waals surface area contributed by atoms with Crippen LogP contribution in [0, 0.1) is 0 Å². The molecule has 8 heteroatoms. The predicted octanol–water partition coefficient (Wildman–Crippen LogP) is -0.415. The van der Waals surface area contributed by atoms with Gasteiger partial charge in [-0.3, -0.25) is 4.79 Å². The Morgan fingerprint density at radius 1 is 1.47 bits per heavy atom. The first kappa shape index (κ1) is 15.2. The van der Waals surface area contributed by atoms with E-state index in [2.05, 4.69) is 5.10 Å². The number of carbonyl (C=O) groups is 2. The summed E-state index contributed by atoms with van der Waals surface area (Å²) in [5.74, 6) is -1.18. The number of ether oxygens (including phenoxy) is 1. The van der Waals surface area contributed by atoms with E-state index in [1.807, 2.05) is 5.43 Å².